The quantitative estimate of drug-likeness (QED) is 0.636. The van der Waals surface area contributed by atoms with Crippen molar-refractivity contribution >= 4 is 22.9 Å². The van der Waals surface area contributed by atoms with Crippen LogP contribution >= 0.6 is 17.0 Å². The molecule has 0 fully saturated rings. The van der Waals surface area contributed by atoms with Crippen molar-refractivity contribution in [2.24, 2.45) is 4.99 Å². The van der Waals surface area contributed by atoms with Gasteiger partial charge in [0, 0.05) is 14.1 Å². The van der Waals surface area contributed by atoms with Crippen LogP contribution in [-0.2, 0) is 0 Å². The topological polar surface area (TPSA) is 54.9 Å². The Morgan fingerprint density at radius 2 is 2.11 bits per heavy atom. The van der Waals surface area contributed by atoms with E-state index in [1.807, 2.05) is 31.3 Å². The molecule has 18 heavy (non-hydrogen) atoms. The summed E-state index contributed by atoms with van der Waals surface area (Å²) in [5, 5.41) is 6.11. The van der Waals surface area contributed by atoms with Crippen LogP contribution < -0.4 is 20.1 Å². The van der Waals surface area contributed by atoms with Gasteiger partial charge in [-0.15, -0.1) is 17.0 Å². The molecule has 2 rings (SSSR count). The highest BCUT2D eigenvalue weighted by Gasteiger charge is 2.20. The van der Waals surface area contributed by atoms with Gasteiger partial charge in [-0.1, -0.05) is 12.1 Å². The van der Waals surface area contributed by atoms with E-state index in [0.29, 0.717) is 13.2 Å². The number of ether oxygens (including phenoxy) is 2. The summed E-state index contributed by atoms with van der Waals surface area (Å²) in [4.78, 5) is 4.03. The molecule has 1 aromatic carbocycles. The molecule has 0 radical (unpaired) electrons. The van der Waals surface area contributed by atoms with Crippen molar-refractivity contribution in [1.29, 1.82) is 0 Å². The number of fused-ring (bicyclic) bond motifs is 1. The van der Waals surface area contributed by atoms with E-state index in [9.17, 15) is 0 Å². The van der Waals surface area contributed by atoms with Crippen molar-refractivity contribution in [3.8, 4) is 11.5 Å². The van der Waals surface area contributed by atoms with Gasteiger partial charge in [0.25, 0.3) is 0 Å². The molecule has 0 aliphatic carbocycles. The van der Waals surface area contributed by atoms with Gasteiger partial charge in [-0.2, -0.15) is 0 Å². The van der Waals surface area contributed by atoms with Crippen LogP contribution in [0, 0.1) is 0 Å². The first-order valence-corrected chi connectivity index (χ1v) is 5.60. The summed E-state index contributed by atoms with van der Waals surface area (Å²) >= 11 is 0. The summed E-state index contributed by atoms with van der Waals surface area (Å²) in [5.41, 5.74) is 0. The molecule has 0 saturated heterocycles. The second-order valence-corrected chi connectivity index (χ2v) is 3.70. The Hall–Kier alpha value is -1.43. The van der Waals surface area contributed by atoms with Crippen LogP contribution in [-0.4, -0.2) is 39.3 Å². The van der Waals surface area contributed by atoms with Gasteiger partial charge >= 0.3 is 0 Å². The van der Waals surface area contributed by atoms with Crippen molar-refractivity contribution in [2.75, 3.05) is 27.2 Å². The molecule has 1 atom stereocenters. The van der Waals surface area contributed by atoms with Crippen molar-refractivity contribution in [3.63, 3.8) is 0 Å². The van der Waals surface area contributed by atoms with Crippen LogP contribution in [0.15, 0.2) is 29.3 Å². The second-order valence-electron chi connectivity index (χ2n) is 3.70. The van der Waals surface area contributed by atoms with Crippen molar-refractivity contribution in [3.05, 3.63) is 24.3 Å². The Morgan fingerprint density at radius 3 is 2.78 bits per heavy atom. The van der Waals surface area contributed by atoms with E-state index in [-0.39, 0.29) is 23.1 Å². The molecule has 1 heterocycles. The molecule has 5 nitrogen and oxygen atoms in total. The minimum atomic E-state index is -0.00463. The molecule has 2 N–H and O–H groups in total. The van der Waals surface area contributed by atoms with E-state index in [4.69, 9.17) is 9.47 Å². The Morgan fingerprint density at radius 1 is 1.39 bits per heavy atom. The van der Waals surface area contributed by atoms with Crippen LogP contribution in [0.25, 0.3) is 0 Å². The molecule has 1 aliphatic heterocycles. The van der Waals surface area contributed by atoms with E-state index in [1.165, 1.54) is 0 Å². The van der Waals surface area contributed by atoms with Gasteiger partial charge < -0.3 is 20.1 Å². The van der Waals surface area contributed by atoms with Crippen molar-refractivity contribution in [2.45, 2.75) is 6.10 Å². The summed E-state index contributed by atoms with van der Waals surface area (Å²) in [6, 6.07) is 7.69. The molecule has 100 valence electrons. The number of rotatable bonds is 2. The molecule has 1 unspecified atom stereocenters. The lowest BCUT2D eigenvalue weighted by Crippen LogP contribution is -2.44. The van der Waals surface area contributed by atoms with Crippen LogP contribution in [0.5, 0.6) is 11.5 Å². The summed E-state index contributed by atoms with van der Waals surface area (Å²) in [6.45, 7) is 1.20. The number of hydrogen-bond donors (Lipinski definition) is 2. The smallest absolute Gasteiger partial charge is 0.190 e. The molecular weight excluding hydrogens is 298 g/mol. The average Bonchev–Trinajstić information content (AvgIpc) is 2.40. The minimum Gasteiger partial charge on any atom is -0.486 e. The summed E-state index contributed by atoms with van der Waals surface area (Å²) in [7, 11) is 3.55. The van der Waals surface area contributed by atoms with Crippen LogP contribution in [0.4, 0.5) is 0 Å². The van der Waals surface area contributed by atoms with Gasteiger partial charge in [0.15, 0.2) is 17.5 Å². The molecule has 0 amide bonds. The van der Waals surface area contributed by atoms with Gasteiger partial charge in [0.2, 0.25) is 0 Å². The highest BCUT2D eigenvalue weighted by Crippen LogP contribution is 2.30. The lowest BCUT2D eigenvalue weighted by Gasteiger charge is -2.26. The highest BCUT2D eigenvalue weighted by molar-refractivity contribution is 8.93. The van der Waals surface area contributed by atoms with Gasteiger partial charge in [-0.25, -0.2) is 0 Å². The molecule has 0 saturated carbocycles. The monoisotopic (exact) mass is 315 g/mol. The van der Waals surface area contributed by atoms with Crippen LogP contribution in [0.3, 0.4) is 0 Å². The van der Waals surface area contributed by atoms with Gasteiger partial charge in [-0.3, -0.25) is 4.99 Å². The molecular formula is C12H18BrN3O2. The maximum atomic E-state index is 5.80. The predicted molar refractivity (Wildman–Crippen MR) is 77.1 cm³/mol. The number of guanidine groups is 1. The minimum absolute atomic E-state index is 0. The highest BCUT2D eigenvalue weighted by atomic mass is 79.9. The number of nitrogens with zero attached hydrogens (tertiary/aromatic N) is 1. The fraction of sp³-hybridized carbons (Fsp3) is 0.417. The zero-order valence-corrected chi connectivity index (χ0v) is 12.2. The lowest BCUT2D eigenvalue weighted by atomic mass is 10.2. The molecule has 0 spiro atoms. The molecule has 6 heteroatoms. The first kappa shape index (κ1) is 14.6. The fourth-order valence-electron chi connectivity index (χ4n) is 1.65. The third-order valence-electron chi connectivity index (χ3n) is 2.53. The van der Waals surface area contributed by atoms with Crippen molar-refractivity contribution < 1.29 is 9.47 Å². The van der Waals surface area contributed by atoms with Crippen molar-refractivity contribution in [1.82, 2.24) is 10.6 Å². The maximum Gasteiger partial charge on any atom is 0.190 e. The Bertz CT molecular complexity index is 412. The van der Waals surface area contributed by atoms with Gasteiger partial charge in [0.1, 0.15) is 12.7 Å². The van der Waals surface area contributed by atoms with Gasteiger partial charge in [0.05, 0.1) is 6.54 Å². The number of benzene rings is 1. The van der Waals surface area contributed by atoms with E-state index in [1.54, 1.807) is 7.05 Å². The Labute approximate surface area is 117 Å². The zero-order chi connectivity index (χ0) is 12.1. The first-order chi connectivity index (χ1) is 8.33. The molecule has 0 aromatic heterocycles. The maximum absolute atomic E-state index is 5.80. The third-order valence-corrected chi connectivity index (χ3v) is 2.53. The van der Waals surface area contributed by atoms with E-state index < -0.39 is 0 Å². The average molecular weight is 316 g/mol. The number of nitrogens with one attached hydrogen (secondary N) is 2. The van der Waals surface area contributed by atoms with E-state index in [0.717, 1.165) is 17.5 Å². The summed E-state index contributed by atoms with van der Waals surface area (Å²) in [6.07, 6.45) is -0.00463. The number of para-hydroxylation sites is 2. The fourth-order valence-corrected chi connectivity index (χ4v) is 1.65. The van der Waals surface area contributed by atoms with Crippen LogP contribution in [0.2, 0.25) is 0 Å². The standard InChI is InChI=1S/C12H17N3O2.BrH/c1-13-12(14-2)15-7-9-8-16-10-5-3-4-6-11(10)17-9;/h3-6,9H,7-8H2,1-2H3,(H2,13,14,15);1H. The molecule has 1 aliphatic rings. The Balaban J connectivity index is 0.00000162. The normalized spacial score (nSPS) is 17.7. The molecule has 0 bridgehead atoms. The largest absolute Gasteiger partial charge is 0.486 e. The third kappa shape index (κ3) is 3.53. The first-order valence-electron chi connectivity index (χ1n) is 5.60. The Kier molecular flexibility index (Phi) is 5.77. The summed E-state index contributed by atoms with van der Waals surface area (Å²) in [5.74, 6) is 2.35. The number of aliphatic imine (C=N–C) groups is 1. The second kappa shape index (κ2) is 7.10. The molecule has 1 aromatic rings. The number of hydrogen-bond acceptors (Lipinski definition) is 3. The van der Waals surface area contributed by atoms with E-state index >= 15 is 0 Å². The predicted octanol–water partition coefficient (Wildman–Crippen LogP) is 1.20. The van der Waals surface area contributed by atoms with Crippen LogP contribution in [0.1, 0.15) is 0 Å². The van der Waals surface area contributed by atoms with E-state index in [2.05, 4.69) is 15.6 Å². The van der Waals surface area contributed by atoms with Gasteiger partial charge in [-0.05, 0) is 12.1 Å². The SMILES string of the molecule is Br.CN=C(NC)NCC1COc2ccccc2O1. The number of halogens is 1. The summed E-state index contributed by atoms with van der Waals surface area (Å²) < 4.78 is 11.4. The zero-order valence-electron chi connectivity index (χ0n) is 10.5. The lowest BCUT2D eigenvalue weighted by molar-refractivity contribution is 0.0936.